The third-order valence-electron chi connectivity index (χ3n) is 6.11. The molecular weight excluding hydrogens is 350 g/mol. The molecular formula is C28H21N. The Balaban J connectivity index is 1.55. The lowest BCUT2D eigenvalue weighted by atomic mass is 9.93. The molecule has 0 saturated carbocycles. The van der Waals surface area contributed by atoms with Crippen LogP contribution in [0.2, 0.25) is 0 Å². The van der Waals surface area contributed by atoms with E-state index in [2.05, 4.69) is 114 Å². The number of rotatable bonds is 2. The fourth-order valence-corrected chi connectivity index (χ4v) is 4.73. The minimum absolute atomic E-state index is 0.378. The summed E-state index contributed by atoms with van der Waals surface area (Å²) in [5.74, 6) is 0. The summed E-state index contributed by atoms with van der Waals surface area (Å²) in [5, 5.41) is 2.59. The van der Waals surface area contributed by atoms with Crippen LogP contribution in [-0.4, -0.2) is 6.04 Å². The minimum Gasteiger partial charge on any atom is -0.333 e. The lowest BCUT2D eigenvalue weighted by Crippen LogP contribution is -2.26. The van der Waals surface area contributed by atoms with Crippen molar-refractivity contribution >= 4 is 27.7 Å². The summed E-state index contributed by atoms with van der Waals surface area (Å²) in [5.41, 5.74) is 7.90. The van der Waals surface area contributed by atoms with E-state index < -0.39 is 0 Å². The van der Waals surface area contributed by atoms with Gasteiger partial charge in [-0.1, -0.05) is 78.9 Å². The molecule has 6 rings (SSSR count). The Morgan fingerprint density at radius 3 is 2.31 bits per heavy atom. The lowest BCUT2D eigenvalue weighted by molar-refractivity contribution is 0.830. The average molecular weight is 371 g/mol. The molecule has 0 saturated heterocycles. The van der Waals surface area contributed by atoms with E-state index in [9.17, 15) is 0 Å². The fourth-order valence-electron chi connectivity index (χ4n) is 4.73. The van der Waals surface area contributed by atoms with Gasteiger partial charge in [0.05, 0.1) is 6.04 Å². The summed E-state index contributed by atoms with van der Waals surface area (Å²) in [6, 6.07) is 33.3. The smallest absolute Gasteiger partial charge is 0.0632 e. The van der Waals surface area contributed by atoms with Gasteiger partial charge in [0, 0.05) is 16.9 Å². The largest absolute Gasteiger partial charge is 0.333 e. The molecule has 29 heavy (non-hydrogen) atoms. The third-order valence-corrected chi connectivity index (χ3v) is 6.11. The Kier molecular flexibility index (Phi) is 3.67. The first-order valence-electron chi connectivity index (χ1n) is 10.2. The van der Waals surface area contributed by atoms with Gasteiger partial charge in [-0.2, -0.15) is 0 Å². The number of allylic oxidation sites excluding steroid dienone is 2. The van der Waals surface area contributed by atoms with Gasteiger partial charge in [-0.05, 0) is 64.2 Å². The topological polar surface area (TPSA) is 3.24 Å². The van der Waals surface area contributed by atoms with Crippen molar-refractivity contribution in [2.75, 3.05) is 4.90 Å². The Labute approximate surface area is 171 Å². The number of nitrogens with zero attached hydrogens (tertiary/aromatic N) is 1. The zero-order chi connectivity index (χ0) is 19.2. The maximum absolute atomic E-state index is 2.51. The van der Waals surface area contributed by atoms with E-state index in [-0.39, 0.29) is 0 Å². The van der Waals surface area contributed by atoms with Gasteiger partial charge in [0.25, 0.3) is 0 Å². The lowest BCUT2D eigenvalue weighted by Gasteiger charge is -2.28. The van der Waals surface area contributed by atoms with Gasteiger partial charge in [0.1, 0.15) is 0 Å². The zero-order valence-corrected chi connectivity index (χ0v) is 16.1. The van der Waals surface area contributed by atoms with Crippen LogP contribution in [0.1, 0.15) is 12.0 Å². The summed E-state index contributed by atoms with van der Waals surface area (Å²) >= 11 is 0. The van der Waals surface area contributed by atoms with Gasteiger partial charge in [0.2, 0.25) is 0 Å². The van der Waals surface area contributed by atoms with Crippen molar-refractivity contribution in [3.63, 3.8) is 0 Å². The van der Waals surface area contributed by atoms with Crippen LogP contribution in [-0.2, 0) is 0 Å². The molecule has 138 valence electrons. The molecule has 1 heterocycles. The first-order chi connectivity index (χ1) is 14.4. The Hall–Kier alpha value is -3.58. The van der Waals surface area contributed by atoms with Gasteiger partial charge in [-0.3, -0.25) is 0 Å². The Morgan fingerprint density at radius 2 is 1.48 bits per heavy atom. The number of para-hydroxylation sites is 1. The van der Waals surface area contributed by atoms with E-state index in [1.807, 2.05) is 0 Å². The van der Waals surface area contributed by atoms with Crippen LogP contribution < -0.4 is 4.90 Å². The van der Waals surface area contributed by atoms with Gasteiger partial charge >= 0.3 is 0 Å². The highest BCUT2D eigenvalue weighted by Crippen LogP contribution is 2.48. The standard InChI is InChI=1S/C28H21N/c1-3-9-20(10-4-1)21-15-16-22-19-28-26(18-23(22)17-21)25-13-7-8-14-27(25)29(28)24-11-5-2-6-12-24/h1-13,15-19,27H,14H2. The predicted molar refractivity (Wildman–Crippen MR) is 123 cm³/mol. The molecule has 1 heteroatoms. The molecule has 0 N–H and O–H groups in total. The molecule has 0 fully saturated rings. The summed E-state index contributed by atoms with van der Waals surface area (Å²) in [7, 11) is 0. The quantitative estimate of drug-likeness (QED) is 0.355. The van der Waals surface area contributed by atoms with Gasteiger partial charge in [-0.25, -0.2) is 0 Å². The predicted octanol–water partition coefficient (Wildman–Crippen LogP) is 7.37. The van der Waals surface area contributed by atoms with Crippen LogP contribution in [0.25, 0.3) is 27.5 Å². The molecule has 1 atom stereocenters. The van der Waals surface area contributed by atoms with Crippen LogP contribution in [0.4, 0.5) is 11.4 Å². The van der Waals surface area contributed by atoms with E-state index in [1.165, 1.54) is 44.4 Å². The molecule has 1 aliphatic carbocycles. The monoisotopic (exact) mass is 371 g/mol. The molecule has 0 spiro atoms. The number of hydrogen-bond acceptors (Lipinski definition) is 1. The second-order valence-electron chi connectivity index (χ2n) is 7.80. The molecule has 1 nitrogen and oxygen atoms in total. The van der Waals surface area contributed by atoms with Crippen molar-refractivity contribution in [3.05, 3.63) is 115 Å². The van der Waals surface area contributed by atoms with Crippen LogP contribution >= 0.6 is 0 Å². The van der Waals surface area contributed by atoms with E-state index in [1.54, 1.807) is 0 Å². The molecule has 0 bridgehead atoms. The third kappa shape index (κ3) is 2.62. The van der Waals surface area contributed by atoms with E-state index in [4.69, 9.17) is 0 Å². The molecule has 2 aliphatic rings. The summed E-state index contributed by atoms with van der Waals surface area (Å²) in [6.45, 7) is 0. The first-order valence-corrected chi connectivity index (χ1v) is 10.2. The Bertz CT molecular complexity index is 1270. The van der Waals surface area contributed by atoms with E-state index in [0.29, 0.717) is 6.04 Å². The van der Waals surface area contributed by atoms with Crippen molar-refractivity contribution in [2.45, 2.75) is 12.5 Å². The van der Waals surface area contributed by atoms with Crippen molar-refractivity contribution in [1.82, 2.24) is 0 Å². The molecule has 1 unspecified atom stereocenters. The fraction of sp³-hybridized carbons (Fsp3) is 0.0714. The SMILES string of the molecule is C1=CCC2C(=C1)c1cc3cc(-c4ccccc4)ccc3cc1N2c1ccccc1. The second-order valence-corrected chi connectivity index (χ2v) is 7.80. The maximum atomic E-state index is 2.51. The average Bonchev–Trinajstić information content (AvgIpc) is 3.12. The molecule has 1 aliphatic heterocycles. The van der Waals surface area contributed by atoms with Gasteiger partial charge in [-0.15, -0.1) is 0 Å². The van der Waals surface area contributed by atoms with E-state index >= 15 is 0 Å². The normalized spacial score (nSPS) is 17.2. The molecule has 0 aromatic heterocycles. The molecule has 4 aromatic carbocycles. The molecule has 0 radical (unpaired) electrons. The number of fused-ring (bicyclic) bond motifs is 4. The Morgan fingerprint density at radius 1 is 0.690 bits per heavy atom. The van der Waals surface area contributed by atoms with Crippen LogP contribution in [0.5, 0.6) is 0 Å². The van der Waals surface area contributed by atoms with Crippen LogP contribution in [0.3, 0.4) is 0 Å². The highest BCUT2D eigenvalue weighted by Gasteiger charge is 2.35. The van der Waals surface area contributed by atoms with Gasteiger partial charge in [0.15, 0.2) is 0 Å². The van der Waals surface area contributed by atoms with Crippen molar-refractivity contribution in [3.8, 4) is 11.1 Å². The summed E-state index contributed by atoms with van der Waals surface area (Å²) < 4.78 is 0. The first kappa shape index (κ1) is 16.4. The summed E-state index contributed by atoms with van der Waals surface area (Å²) in [6.07, 6.45) is 7.82. The highest BCUT2D eigenvalue weighted by atomic mass is 15.2. The molecule has 0 amide bonds. The van der Waals surface area contributed by atoms with Crippen LogP contribution in [0, 0.1) is 0 Å². The van der Waals surface area contributed by atoms with Crippen molar-refractivity contribution in [1.29, 1.82) is 0 Å². The van der Waals surface area contributed by atoms with Gasteiger partial charge < -0.3 is 4.90 Å². The highest BCUT2D eigenvalue weighted by molar-refractivity contribution is 6.01. The summed E-state index contributed by atoms with van der Waals surface area (Å²) in [4.78, 5) is 2.51. The van der Waals surface area contributed by atoms with Crippen LogP contribution in [0.15, 0.2) is 109 Å². The van der Waals surface area contributed by atoms with Crippen molar-refractivity contribution < 1.29 is 0 Å². The minimum atomic E-state index is 0.378. The zero-order valence-electron chi connectivity index (χ0n) is 16.1. The number of benzene rings is 4. The molecule has 4 aromatic rings. The number of anilines is 2. The van der Waals surface area contributed by atoms with E-state index in [0.717, 1.165) is 6.42 Å². The maximum Gasteiger partial charge on any atom is 0.0632 e. The second kappa shape index (κ2) is 6.49. The number of hydrogen-bond donors (Lipinski definition) is 0. The van der Waals surface area contributed by atoms with Crippen molar-refractivity contribution in [2.24, 2.45) is 0 Å².